The number of hydrogen-bond donors (Lipinski definition) is 1. The zero-order valence-electron chi connectivity index (χ0n) is 18.3. The third-order valence-electron chi connectivity index (χ3n) is 6.27. The van der Waals surface area contributed by atoms with Crippen molar-refractivity contribution in [1.82, 2.24) is 9.80 Å². The maximum atomic E-state index is 14.4. The maximum Gasteiger partial charge on any atom is 0.236 e. The predicted octanol–water partition coefficient (Wildman–Crippen LogP) is 2.20. The highest BCUT2D eigenvalue weighted by Crippen LogP contribution is 2.23. The number of Topliss-reactive ketones (excluding diaryl/α,β-unsaturated/α-hetero) is 1. The first-order valence-electron chi connectivity index (χ1n) is 11.0. The van der Waals surface area contributed by atoms with E-state index in [1.807, 2.05) is 21.9 Å². The van der Waals surface area contributed by atoms with E-state index in [0.29, 0.717) is 44.0 Å². The molecule has 4 rings (SSSR count). The first-order chi connectivity index (χ1) is 15.4. The molecule has 2 aromatic carbocycles. The molecule has 2 aromatic rings. The highest BCUT2D eigenvalue weighted by Gasteiger charge is 2.26. The highest BCUT2D eigenvalue weighted by molar-refractivity contribution is 5.94. The van der Waals surface area contributed by atoms with Crippen molar-refractivity contribution in [3.05, 3.63) is 53.8 Å². The number of rotatable bonds is 5. The molecule has 2 saturated heterocycles. The van der Waals surface area contributed by atoms with Gasteiger partial charge in [-0.15, -0.1) is 0 Å². The molecule has 1 amide bonds. The van der Waals surface area contributed by atoms with Crippen LogP contribution in [0.3, 0.4) is 0 Å². The van der Waals surface area contributed by atoms with Gasteiger partial charge in [0.1, 0.15) is 11.6 Å². The van der Waals surface area contributed by atoms with E-state index in [9.17, 15) is 19.1 Å². The molecule has 0 saturated carbocycles. The molecule has 2 aliphatic heterocycles. The number of piperazine rings is 2. The molecule has 0 unspecified atom stereocenters. The number of benzene rings is 2. The largest absolute Gasteiger partial charge is 0.508 e. The standard InChI is InChI=1S/C24H29FN4O3/c1-18(30)19-2-7-23(22(25)16-19)28-12-14-29(15-13-28)24(32)17-26-8-10-27(11-9-26)20-3-5-21(31)6-4-20/h2-7,16,31H,8-15,17H2,1H3. The number of phenols is 1. The summed E-state index contributed by atoms with van der Waals surface area (Å²) >= 11 is 0. The lowest BCUT2D eigenvalue weighted by Crippen LogP contribution is -2.54. The summed E-state index contributed by atoms with van der Waals surface area (Å²) in [5.74, 6) is -0.192. The van der Waals surface area contributed by atoms with Crippen LogP contribution in [-0.4, -0.2) is 85.5 Å². The fourth-order valence-electron chi connectivity index (χ4n) is 4.30. The summed E-state index contributed by atoms with van der Waals surface area (Å²) in [6, 6.07) is 11.8. The van der Waals surface area contributed by atoms with Crippen LogP contribution >= 0.6 is 0 Å². The van der Waals surface area contributed by atoms with Crippen LogP contribution in [0.15, 0.2) is 42.5 Å². The molecule has 2 heterocycles. The Morgan fingerprint density at radius 1 is 0.875 bits per heavy atom. The normalized spacial score (nSPS) is 17.5. The lowest BCUT2D eigenvalue weighted by Gasteiger charge is -2.39. The van der Waals surface area contributed by atoms with Crippen molar-refractivity contribution in [2.24, 2.45) is 0 Å². The zero-order chi connectivity index (χ0) is 22.7. The molecule has 0 bridgehead atoms. The molecule has 170 valence electrons. The number of anilines is 2. The molecule has 7 nitrogen and oxygen atoms in total. The van der Waals surface area contributed by atoms with Gasteiger partial charge in [0.25, 0.3) is 0 Å². The Morgan fingerprint density at radius 2 is 1.50 bits per heavy atom. The average Bonchev–Trinajstić information content (AvgIpc) is 2.80. The second kappa shape index (κ2) is 9.56. The molecule has 32 heavy (non-hydrogen) atoms. The maximum absolute atomic E-state index is 14.4. The molecule has 2 aliphatic rings. The predicted molar refractivity (Wildman–Crippen MR) is 122 cm³/mol. The number of carbonyl (C=O) groups excluding carboxylic acids is 2. The van der Waals surface area contributed by atoms with Crippen LogP contribution in [0.5, 0.6) is 5.75 Å². The number of halogens is 1. The van der Waals surface area contributed by atoms with Crippen molar-refractivity contribution in [1.29, 1.82) is 0 Å². The summed E-state index contributed by atoms with van der Waals surface area (Å²) in [4.78, 5) is 32.4. The zero-order valence-corrected chi connectivity index (χ0v) is 18.3. The summed E-state index contributed by atoms with van der Waals surface area (Å²) in [7, 11) is 0. The van der Waals surface area contributed by atoms with Gasteiger partial charge in [-0.1, -0.05) is 0 Å². The molecule has 0 radical (unpaired) electrons. The number of carbonyl (C=O) groups is 2. The molecule has 0 spiro atoms. The van der Waals surface area contributed by atoms with Gasteiger partial charge < -0.3 is 19.8 Å². The van der Waals surface area contributed by atoms with Crippen LogP contribution in [0.25, 0.3) is 0 Å². The Kier molecular flexibility index (Phi) is 6.60. The van der Waals surface area contributed by atoms with Crippen LogP contribution in [0.2, 0.25) is 0 Å². The van der Waals surface area contributed by atoms with Crippen LogP contribution in [0, 0.1) is 5.82 Å². The third-order valence-corrected chi connectivity index (χ3v) is 6.27. The number of nitrogens with zero attached hydrogens (tertiary/aromatic N) is 4. The molecular formula is C24H29FN4O3. The quantitative estimate of drug-likeness (QED) is 0.720. The second-order valence-corrected chi connectivity index (χ2v) is 8.37. The number of ketones is 1. The van der Waals surface area contributed by atoms with Gasteiger partial charge in [-0.05, 0) is 49.4 Å². The smallest absolute Gasteiger partial charge is 0.236 e. The molecular weight excluding hydrogens is 411 g/mol. The van der Waals surface area contributed by atoms with Gasteiger partial charge in [0.2, 0.25) is 5.91 Å². The fourth-order valence-corrected chi connectivity index (χ4v) is 4.30. The fraction of sp³-hybridized carbons (Fsp3) is 0.417. The molecule has 0 atom stereocenters. The van der Waals surface area contributed by atoms with Gasteiger partial charge in [-0.25, -0.2) is 4.39 Å². The summed E-state index contributed by atoms with van der Waals surface area (Å²) in [6.45, 7) is 7.34. The van der Waals surface area contributed by atoms with Gasteiger partial charge in [-0.2, -0.15) is 0 Å². The van der Waals surface area contributed by atoms with Crippen LogP contribution in [-0.2, 0) is 4.79 Å². The Balaban J connectivity index is 1.25. The topological polar surface area (TPSA) is 67.3 Å². The minimum atomic E-state index is -0.399. The molecule has 2 fully saturated rings. The van der Waals surface area contributed by atoms with Gasteiger partial charge in [0, 0.05) is 63.6 Å². The first-order valence-corrected chi connectivity index (χ1v) is 11.0. The summed E-state index contributed by atoms with van der Waals surface area (Å²) in [6.07, 6.45) is 0. The molecule has 8 heteroatoms. The highest BCUT2D eigenvalue weighted by atomic mass is 19.1. The van der Waals surface area contributed by atoms with Crippen LogP contribution < -0.4 is 9.80 Å². The number of hydrogen-bond acceptors (Lipinski definition) is 6. The Labute approximate surface area is 187 Å². The SMILES string of the molecule is CC(=O)c1ccc(N2CCN(C(=O)CN3CCN(c4ccc(O)cc4)CC3)CC2)c(F)c1. The Bertz CT molecular complexity index is 966. The minimum Gasteiger partial charge on any atom is -0.508 e. The Hall–Kier alpha value is -3.13. The summed E-state index contributed by atoms with van der Waals surface area (Å²) in [5.41, 5.74) is 1.92. The van der Waals surface area contributed by atoms with E-state index < -0.39 is 5.82 Å². The van der Waals surface area contributed by atoms with Gasteiger partial charge in [0.15, 0.2) is 5.78 Å². The second-order valence-electron chi connectivity index (χ2n) is 8.37. The van der Waals surface area contributed by atoms with E-state index in [2.05, 4.69) is 9.80 Å². The van der Waals surface area contributed by atoms with Crippen molar-refractivity contribution in [3.8, 4) is 5.75 Å². The monoisotopic (exact) mass is 440 g/mol. The number of phenolic OH excluding ortho intramolecular Hbond substituents is 1. The van der Waals surface area contributed by atoms with Crippen molar-refractivity contribution >= 4 is 23.1 Å². The minimum absolute atomic E-state index is 0.107. The average molecular weight is 441 g/mol. The van der Waals surface area contributed by atoms with E-state index in [-0.39, 0.29) is 17.4 Å². The van der Waals surface area contributed by atoms with Crippen LogP contribution in [0.1, 0.15) is 17.3 Å². The third kappa shape index (κ3) is 5.02. The number of amides is 1. The van der Waals surface area contributed by atoms with E-state index in [4.69, 9.17) is 0 Å². The van der Waals surface area contributed by atoms with Crippen molar-refractivity contribution in [2.75, 3.05) is 68.7 Å². The van der Waals surface area contributed by atoms with E-state index >= 15 is 0 Å². The van der Waals surface area contributed by atoms with E-state index in [0.717, 1.165) is 31.9 Å². The lowest BCUT2D eigenvalue weighted by molar-refractivity contribution is -0.132. The molecule has 1 N–H and O–H groups in total. The van der Waals surface area contributed by atoms with Gasteiger partial charge in [0.05, 0.1) is 12.2 Å². The van der Waals surface area contributed by atoms with Crippen molar-refractivity contribution in [2.45, 2.75) is 6.92 Å². The molecule has 0 aromatic heterocycles. The first kappa shape index (κ1) is 22.1. The molecule has 0 aliphatic carbocycles. The van der Waals surface area contributed by atoms with Crippen LogP contribution in [0.4, 0.5) is 15.8 Å². The van der Waals surface area contributed by atoms with Gasteiger partial charge >= 0.3 is 0 Å². The Morgan fingerprint density at radius 3 is 2.09 bits per heavy atom. The van der Waals surface area contributed by atoms with E-state index in [1.165, 1.54) is 13.0 Å². The van der Waals surface area contributed by atoms with Crippen molar-refractivity contribution in [3.63, 3.8) is 0 Å². The summed E-state index contributed by atoms with van der Waals surface area (Å²) in [5, 5.41) is 9.44. The van der Waals surface area contributed by atoms with Crippen molar-refractivity contribution < 1.29 is 19.1 Å². The number of aromatic hydroxyl groups is 1. The van der Waals surface area contributed by atoms with Gasteiger partial charge in [-0.3, -0.25) is 14.5 Å². The van der Waals surface area contributed by atoms with E-state index in [1.54, 1.807) is 24.3 Å². The lowest BCUT2D eigenvalue weighted by atomic mass is 10.1. The summed E-state index contributed by atoms with van der Waals surface area (Å²) < 4.78 is 14.4.